The van der Waals surface area contributed by atoms with Crippen molar-refractivity contribution in [2.24, 2.45) is 0 Å². The minimum absolute atomic E-state index is 0.463. The largest absolute Gasteiger partial charge is 0.343 e. The van der Waals surface area contributed by atoms with E-state index in [9.17, 15) is 14.5 Å². The fraction of sp³-hybridized carbons (Fsp3) is 0. The van der Waals surface area contributed by atoms with Gasteiger partial charge < -0.3 is 0 Å². The highest BCUT2D eigenvalue weighted by molar-refractivity contribution is 5.32. The van der Waals surface area contributed by atoms with E-state index in [2.05, 4.69) is 10.1 Å². The maximum Gasteiger partial charge on any atom is 0.343 e. The highest BCUT2D eigenvalue weighted by atomic mass is 19.1. The number of halogens is 1. The molecule has 0 aliphatic rings. The lowest BCUT2D eigenvalue weighted by Crippen LogP contribution is -1.94. The number of hydrogen-bond donors (Lipinski definition) is 0. The lowest BCUT2D eigenvalue weighted by atomic mass is 10.4. The molecule has 76 valence electrons. The first-order chi connectivity index (χ1) is 7.18. The van der Waals surface area contributed by atoms with Crippen LogP contribution in [0, 0.1) is 16.1 Å². The van der Waals surface area contributed by atoms with Gasteiger partial charge >= 0.3 is 11.6 Å². The molecule has 0 aliphatic carbocycles. The van der Waals surface area contributed by atoms with E-state index in [0.717, 1.165) is 10.9 Å². The Bertz CT molecular complexity index is 497. The van der Waals surface area contributed by atoms with Gasteiger partial charge in [-0.25, -0.2) is 4.68 Å². The molecule has 0 spiro atoms. The predicted octanol–water partition coefficient (Wildman–Crippen LogP) is 1.31. The van der Waals surface area contributed by atoms with Crippen LogP contribution in [0.15, 0.2) is 30.7 Å². The summed E-state index contributed by atoms with van der Waals surface area (Å²) in [6.45, 7) is 0. The molecule has 0 amide bonds. The SMILES string of the molecule is O=[N+]([O-])c1cn(-c2cccnc2)nc1F. The summed E-state index contributed by atoms with van der Waals surface area (Å²) >= 11 is 0. The molecule has 0 bridgehead atoms. The van der Waals surface area contributed by atoms with Crippen molar-refractivity contribution in [3.05, 3.63) is 46.8 Å². The summed E-state index contributed by atoms with van der Waals surface area (Å²) in [4.78, 5) is 13.3. The summed E-state index contributed by atoms with van der Waals surface area (Å²) < 4.78 is 14.0. The molecule has 2 aromatic rings. The predicted molar refractivity (Wildman–Crippen MR) is 48.0 cm³/mol. The average Bonchev–Trinajstić information content (AvgIpc) is 2.62. The van der Waals surface area contributed by atoms with Gasteiger partial charge in [-0.2, -0.15) is 4.39 Å². The molecule has 2 heterocycles. The molecule has 15 heavy (non-hydrogen) atoms. The van der Waals surface area contributed by atoms with Gasteiger partial charge in [0, 0.05) is 6.20 Å². The van der Waals surface area contributed by atoms with Crippen LogP contribution in [0.1, 0.15) is 0 Å². The quantitative estimate of drug-likeness (QED) is 0.551. The van der Waals surface area contributed by atoms with Crippen molar-refractivity contribution in [2.45, 2.75) is 0 Å². The Labute approximate surface area is 83.1 Å². The number of aromatic nitrogens is 3. The maximum atomic E-state index is 13.0. The lowest BCUT2D eigenvalue weighted by molar-refractivity contribution is -0.387. The molecule has 0 aromatic carbocycles. The monoisotopic (exact) mass is 208 g/mol. The molecule has 0 saturated carbocycles. The van der Waals surface area contributed by atoms with Crippen molar-refractivity contribution in [3.63, 3.8) is 0 Å². The van der Waals surface area contributed by atoms with Crippen molar-refractivity contribution in [1.29, 1.82) is 0 Å². The maximum absolute atomic E-state index is 13.0. The van der Waals surface area contributed by atoms with Crippen LogP contribution < -0.4 is 0 Å². The minimum Gasteiger partial charge on any atom is -0.262 e. The van der Waals surface area contributed by atoms with Crippen LogP contribution in [0.4, 0.5) is 10.1 Å². The van der Waals surface area contributed by atoms with Crippen LogP contribution in [-0.4, -0.2) is 19.7 Å². The molecule has 0 unspecified atom stereocenters. The molecule has 2 aromatic heterocycles. The number of pyridine rings is 1. The van der Waals surface area contributed by atoms with Gasteiger partial charge in [-0.3, -0.25) is 15.1 Å². The van der Waals surface area contributed by atoms with Crippen LogP contribution in [0.25, 0.3) is 5.69 Å². The van der Waals surface area contributed by atoms with Gasteiger partial charge in [0.2, 0.25) is 0 Å². The number of rotatable bonds is 2. The first kappa shape index (κ1) is 9.25. The van der Waals surface area contributed by atoms with Crippen LogP contribution in [0.5, 0.6) is 0 Å². The van der Waals surface area contributed by atoms with Gasteiger partial charge in [0.15, 0.2) is 0 Å². The Hall–Kier alpha value is -2.31. The Morgan fingerprint density at radius 3 is 2.87 bits per heavy atom. The van der Waals surface area contributed by atoms with Crippen LogP contribution in [-0.2, 0) is 0 Å². The standard InChI is InChI=1S/C8H5FN4O2/c9-8-7(13(14)15)5-12(11-8)6-2-1-3-10-4-6/h1-5H. The molecule has 0 fully saturated rings. The number of nitro groups is 1. The normalized spacial score (nSPS) is 10.2. The zero-order chi connectivity index (χ0) is 10.8. The van der Waals surface area contributed by atoms with E-state index in [1.807, 2.05) is 0 Å². The van der Waals surface area contributed by atoms with Gasteiger partial charge in [0.25, 0.3) is 0 Å². The molecule has 0 atom stereocenters. The van der Waals surface area contributed by atoms with Crippen molar-refractivity contribution in [2.75, 3.05) is 0 Å². The smallest absolute Gasteiger partial charge is 0.262 e. The van der Waals surface area contributed by atoms with Gasteiger partial charge in [-0.1, -0.05) is 0 Å². The molecule has 2 rings (SSSR count). The van der Waals surface area contributed by atoms with Crippen LogP contribution in [0.2, 0.25) is 0 Å². The lowest BCUT2D eigenvalue weighted by Gasteiger charge is -1.96. The average molecular weight is 208 g/mol. The molecular formula is C8H5FN4O2. The Morgan fingerprint density at radius 1 is 1.53 bits per heavy atom. The van der Waals surface area contributed by atoms with E-state index in [4.69, 9.17) is 0 Å². The zero-order valence-electron chi connectivity index (χ0n) is 7.37. The molecule has 0 saturated heterocycles. The van der Waals surface area contributed by atoms with Gasteiger partial charge in [-0.15, -0.1) is 5.10 Å². The van der Waals surface area contributed by atoms with Crippen molar-refractivity contribution < 1.29 is 9.31 Å². The van der Waals surface area contributed by atoms with E-state index in [0.29, 0.717) is 5.69 Å². The highest BCUT2D eigenvalue weighted by Crippen LogP contribution is 2.16. The second kappa shape index (κ2) is 3.45. The number of hydrogen-bond acceptors (Lipinski definition) is 4. The summed E-state index contributed by atoms with van der Waals surface area (Å²) in [5.74, 6) is -1.11. The van der Waals surface area contributed by atoms with E-state index in [1.54, 1.807) is 12.1 Å². The molecule has 7 heteroatoms. The first-order valence-corrected chi connectivity index (χ1v) is 3.98. The summed E-state index contributed by atoms with van der Waals surface area (Å²) in [5.41, 5.74) is -0.191. The highest BCUT2D eigenvalue weighted by Gasteiger charge is 2.19. The summed E-state index contributed by atoms with van der Waals surface area (Å²) in [6, 6.07) is 3.24. The van der Waals surface area contributed by atoms with Crippen molar-refractivity contribution >= 4 is 5.69 Å². The van der Waals surface area contributed by atoms with E-state index in [-0.39, 0.29) is 0 Å². The van der Waals surface area contributed by atoms with Gasteiger partial charge in [0.05, 0.1) is 16.8 Å². The van der Waals surface area contributed by atoms with Gasteiger partial charge in [0.1, 0.15) is 6.20 Å². The Kier molecular flexibility index (Phi) is 2.13. The van der Waals surface area contributed by atoms with Crippen molar-refractivity contribution in [1.82, 2.24) is 14.8 Å². The topological polar surface area (TPSA) is 73.8 Å². The zero-order valence-corrected chi connectivity index (χ0v) is 7.37. The molecule has 0 aliphatic heterocycles. The second-order valence-electron chi connectivity index (χ2n) is 2.72. The summed E-state index contributed by atoms with van der Waals surface area (Å²) in [7, 11) is 0. The third kappa shape index (κ3) is 1.66. The van der Waals surface area contributed by atoms with Gasteiger partial charge in [-0.05, 0) is 12.1 Å². The minimum atomic E-state index is -1.11. The van der Waals surface area contributed by atoms with Crippen LogP contribution >= 0.6 is 0 Å². The summed E-state index contributed by atoms with van der Waals surface area (Å²) in [5, 5.41) is 13.7. The first-order valence-electron chi connectivity index (χ1n) is 3.98. The Morgan fingerprint density at radius 2 is 2.33 bits per heavy atom. The molecule has 0 radical (unpaired) electrons. The number of nitrogens with zero attached hydrogens (tertiary/aromatic N) is 4. The van der Waals surface area contributed by atoms with E-state index in [1.165, 1.54) is 12.4 Å². The third-order valence-electron chi connectivity index (χ3n) is 1.76. The summed E-state index contributed by atoms with van der Waals surface area (Å²) in [6.07, 6.45) is 3.97. The van der Waals surface area contributed by atoms with E-state index < -0.39 is 16.6 Å². The molecular weight excluding hydrogens is 203 g/mol. The fourth-order valence-electron chi connectivity index (χ4n) is 1.09. The van der Waals surface area contributed by atoms with Crippen LogP contribution in [0.3, 0.4) is 0 Å². The Balaban J connectivity index is 2.48. The molecule has 0 N–H and O–H groups in total. The fourth-order valence-corrected chi connectivity index (χ4v) is 1.09. The molecule has 6 nitrogen and oxygen atoms in total. The van der Waals surface area contributed by atoms with Crippen molar-refractivity contribution in [3.8, 4) is 5.69 Å². The second-order valence-corrected chi connectivity index (χ2v) is 2.72. The third-order valence-corrected chi connectivity index (χ3v) is 1.76. The van der Waals surface area contributed by atoms with E-state index >= 15 is 0 Å².